The molecule has 0 aromatic rings. The van der Waals surface area contributed by atoms with Crippen LogP contribution in [0.2, 0.25) is 0 Å². The van der Waals surface area contributed by atoms with Gasteiger partial charge in [0, 0.05) is 18.7 Å². The predicted molar refractivity (Wildman–Crippen MR) is 64.6 cm³/mol. The number of carbonyl (C=O) groups excluding carboxylic acids is 3. The summed E-state index contributed by atoms with van der Waals surface area (Å²) < 4.78 is 0. The van der Waals surface area contributed by atoms with Crippen LogP contribution in [0.1, 0.15) is 6.92 Å². The maximum absolute atomic E-state index is 11.4. The van der Waals surface area contributed by atoms with Crippen molar-refractivity contribution < 1.29 is 24.3 Å². The number of primary amides is 1. The molecule has 0 saturated heterocycles. The van der Waals surface area contributed by atoms with Crippen molar-refractivity contribution in [1.82, 2.24) is 10.6 Å². The van der Waals surface area contributed by atoms with Crippen molar-refractivity contribution in [2.75, 3.05) is 6.54 Å². The Labute approximate surface area is 109 Å². The maximum atomic E-state index is 11.4. The monoisotopic (exact) mass is 272 g/mol. The lowest BCUT2D eigenvalue weighted by Crippen LogP contribution is -2.51. The van der Waals surface area contributed by atoms with Gasteiger partial charge in [0.1, 0.15) is 12.1 Å². The van der Waals surface area contributed by atoms with Crippen molar-refractivity contribution in [3.8, 4) is 0 Å². The lowest BCUT2D eigenvalue weighted by atomic mass is 10.2. The Morgan fingerprint density at radius 1 is 1.26 bits per heavy atom. The summed E-state index contributed by atoms with van der Waals surface area (Å²) in [6.07, 6.45) is 1.75. The molecule has 9 heteroatoms. The lowest BCUT2D eigenvalue weighted by Gasteiger charge is -2.14. The average Bonchev–Trinajstić information content (AvgIpc) is 2.32. The molecule has 0 aromatic carbocycles. The average molecular weight is 272 g/mol. The standard InChI is InChI=1S/C10H16N4O5/c1-5(10(18)19)14-9(17)6(11)4-13-8(16)3-2-7(12)15/h2-3,5-6H,4,11H2,1H3,(H2,12,15)(H,13,16)(H,14,17)(H,18,19)/b3-2+/t5-,6-/m0/s1. The third kappa shape index (κ3) is 7.49. The van der Waals surface area contributed by atoms with Crippen LogP contribution < -0.4 is 22.1 Å². The van der Waals surface area contributed by atoms with E-state index in [2.05, 4.69) is 10.6 Å². The van der Waals surface area contributed by atoms with E-state index in [-0.39, 0.29) is 6.54 Å². The summed E-state index contributed by atoms with van der Waals surface area (Å²) >= 11 is 0. The minimum Gasteiger partial charge on any atom is -0.480 e. The number of hydrogen-bond acceptors (Lipinski definition) is 5. The Balaban J connectivity index is 4.13. The smallest absolute Gasteiger partial charge is 0.325 e. The zero-order valence-corrected chi connectivity index (χ0v) is 10.3. The normalized spacial score (nSPS) is 13.6. The fourth-order valence-electron chi connectivity index (χ4n) is 0.902. The third-order valence-electron chi connectivity index (χ3n) is 1.96. The third-order valence-corrected chi connectivity index (χ3v) is 1.96. The van der Waals surface area contributed by atoms with E-state index in [9.17, 15) is 19.2 Å². The van der Waals surface area contributed by atoms with Gasteiger partial charge in [-0.25, -0.2) is 0 Å². The van der Waals surface area contributed by atoms with Gasteiger partial charge in [-0.05, 0) is 6.92 Å². The summed E-state index contributed by atoms with van der Waals surface area (Å²) in [5.74, 6) is -3.34. The summed E-state index contributed by atoms with van der Waals surface area (Å²) in [5, 5.41) is 13.0. The summed E-state index contributed by atoms with van der Waals surface area (Å²) in [7, 11) is 0. The van der Waals surface area contributed by atoms with Crippen molar-refractivity contribution in [2.24, 2.45) is 11.5 Å². The van der Waals surface area contributed by atoms with Crippen LogP contribution in [0.15, 0.2) is 12.2 Å². The largest absolute Gasteiger partial charge is 0.480 e. The van der Waals surface area contributed by atoms with Gasteiger partial charge in [-0.2, -0.15) is 0 Å². The van der Waals surface area contributed by atoms with Crippen molar-refractivity contribution in [3.05, 3.63) is 12.2 Å². The molecule has 0 aliphatic heterocycles. The predicted octanol–water partition coefficient (Wildman–Crippen LogP) is -2.94. The van der Waals surface area contributed by atoms with Crippen LogP contribution in [0.3, 0.4) is 0 Å². The molecule has 0 aliphatic rings. The number of rotatable bonds is 7. The van der Waals surface area contributed by atoms with E-state index < -0.39 is 35.8 Å². The summed E-state index contributed by atoms with van der Waals surface area (Å²) in [6.45, 7) is 1.07. The molecule has 3 amide bonds. The molecule has 106 valence electrons. The molecule has 0 bridgehead atoms. The van der Waals surface area contributed by atoms with Gasteiger partial charge in [-0.3, -0.25) is 19.2 Å². The zero-order valence-electron chi connectivity index (χ0n) is 10.3. The number of carboxylic acids is 1. The fraction of sp³-hybridized carbons (Fsp3) is 0.400. The highest BCUT2D eigenvalue weighted by atomic mass is 16.4. The molecule has 19 heavy (non-hydrogen) atoms. The SMILES string of the molecule is C[C@H](NC(=O)[C@@H](N)CNC(=O)/C=C/C(N)=O)C(=O)O. The maximum Gasteiger partial charge on any atom is 0.325 e. The number of amides is 3. The molecule has 9 nitrogen and oxygen atoms in total. The van der Waals surface area contributed by atoms with Crippen LogP contribution >= 0.6 is 0 Å². The second kappa shape index (κ2) is 7.82. The first-order valence-corrected chi connectivity index (χ1v) is 5.28. The molecule has 0 heterocycles. The zero-order chi connectivity index (χ0) is 15.0. The highest BCUT2D eigenvalue weighted by Gasteiger charge is 2.19. The Bertz CT molecular complexity index is 407. The first kappa shape index (κ1) is 16.6. The highest BCUT2D eigenvalue weighted by Crippen LogP contribution is 1.85. The Morgan fingerprint density at radius 2 is 1.84 bits per heavy atom. The number of carboxylic acid groups (broad SMARTS) is 1. The van der Waals surface area contributed by atoms with Crippen molar-refractivity contribution in [1.29, 1.82) is 0 Å². The van der Waals surface area contributed by atoms with Crippen molar-refractivity contribution in [2.45, 2.75) is 19.0 Å². The van der Waals surface area contributed by atoms with Gasteiger partial charge in [0.05, 0.1) is 0 Å². The number of hydrogen-bond donors (Lipinski definition) is 5. The van der Waals surface area contributed by atoms with Gasteiger partial charge < -0.3 is 27.2 Å². The molecule has 0 unspecified atom stereocenters. The minimum atomic E-state index is -1.20. The topological polar surface area (TPSA) is 165 Å². The fourth-order valence-corrected chi connectivity index (χ4v) is 0.902. The Morgan fingerprint density at radius 3 is 2.32 bits per heavy atom. The van der Waals surface area contributed by atoms with Crippen LogP contribution in [-0.2, 0) is 19.2 Å². The molecular formula is C10H16N4O5. The second-order valence-electron chi connectivity index (χ2n) is 3.66. The van der Waals surface area contributed by atoms with Gasteiger partial charge in [-0.15, -0.1) is 0 Å². The van der Waals surface area contributed by atoms with Crippen molar-refractivity contribution in [3.63, 3.8) is 0 Å². The summed E-state index contributed by atoms with van der Waals surface area (Å²) in [4.78, 5) is 43.4. The molecular weight excluding hydrogens is 256 g/mol. The van der Waals surface area contributed by atoms with Crippen molar-refractivity contribution >= 4 is 23.7 Å². The van der Waals surface area contributed by atoms with Gasteiger partial charge >= 0.3 is 5.97 Å². The molecule has 0 fully saturated rings. The van der Waals surface area contributed by atoms with Crippen LogP contribution in [0.25, 0.3) is 0 Å². The van der Waals surface area contributed by atoms with E-state index in [1.165, 1.54) is 6.92 Å². The summed E-state index contributed by atoms with van der Waals surface area (Å²) in [5.41, 5.74) is 10.2. The highest BCUT2D eigenvalue weighted by molar-refractivity contribution is 5.96. The Hall–Kier alpha value is -2.42. The van der Waals surface area contributed by atoms with Crippen LogP contribution in [-0.4, -0.2) is 47.4 Å². The number of nitrogens with one attached hydrogen (secondary N) is 2. The molecule has 0 saturated carbocycles. The van der Waals surface area contributed by atoms with Gasteiger partial charge in [0.15, 0.2) is 0 Å². The van der Waals surface area contributed by atoms with Gasteiger partial charge in [-0.1, -0.05) is 0 Å². The van der Waals surface area contributed by atoms with E-state index in [0.717, 1.165) is 12.2 Å². The van der Waals surface area contributed by atoms with E-state index in [4.69, 9.17) is 16.6 Å². The van der Waals surface area contributed by atoms with Crippen LogP contribution in [0, 0.1) is 0 Å². The van der Waals surface area contributed by atoms with E-state index in [1.807, 2.05) is 0 Å². The van der Waals surface area contributed by atoms with Crippen LogP contribution in [0.5, 0.6) is 0 Å². The first-order valence-electron chi connectivity index (χ1n) is 5.28. The first-order chi connectivity index (χ1) is 8.73. The molecule has 0 aliphatic carbocycles. The minimum absolute atomic E-state index is 0.208. The van der Waals surface area contributed by atoms with E-state index >= 15 is 0 Å². The van der Waals surface area contributed by atoms with Crippen LogP contribution in [0.4, 0.5) is 0 Å². The van der Waals surface area contributed by atoms with E-state index in [0.29, 0.717) is 0 Å². The molecule has 0 radical (unpaired) electrons. The number of aliphatic carboxylic acids is 1. The molecule has 7 N–H and O–H groups in total. The van der Waals surface area contributed by atoms with Gasteiger partial charge in [0.25, 0.3) is 0 Å². The molecule has 0 rings (SSSR count). The molecule has 0 spiro atoms. The summed E-state index contributed by atoms with van der Waals surface area (Å²) in [6, 6.07) is -2.18. The van der Waals surface area contributed by atoms with E-state index in [1.54, 1.807) is 0 Å². The number of carbonyl (C=O) groups is 4. The molecule has 0 aromatic heterocycles. The van der Waals surface area contributed by atoms with Gasteiger partial charge in [0.2, 0.25) is 17.7 Å². The second-order valence-corrected chi connectivity index (χ2v) is 3.66. The lowest BCUT2D eigenvalue weighted by molar-refractivity contribution is -0.141. The quantitative estimate of drug-likeness (QED) is 0.311. The Kier molecular flexibility index (Phi) is 6.82. The molecule has 2 atom stereocenters. The number of nitrogens with two attached hydrogens (primary N) is 2.